The molecule has 0 unspecified atom stereocenters. The molecule has 326 valence electrons. The van der Waals surface area contributed by atoms with Gasteiger partial charge in [0, 0.05) is 85.2 Å². The molecule has 0 amide bonds. The predicted octanol–water partition coefficient (Wildman–Crippen LogP) is 13.6. The van der Waals surface area contributed by atoms with Crippen molar-refractivity contribution in [2.24, 2.45) is 0 Å². The fraction of sp³-hybridized carbons (Fsp3) is 0.218. The molecule has 0 saturated heterocycles. The highest BCUT2D eigenvalue weighted by Gasteiger charge is 2.25. The van der Waals surface area contributed by atoms with Crippen LogP contribution in [-0.2, 0) is 10.1 Å². The summed E-state index contributed by atoms with van der Waals surface area (Å²) in [6, 6.07) is 48.8. The minimum atomic E-state index is -4.83. The first-order valence-electron chi connectivity index (χ1n) is 21.8. The van der Waals surface area contributed by atoms with E-state index >= 15 is 0 Å². The van der Waals surface area contributed by atoms with Crippen molar-refractivity contribution in [3.63, 3.8) is 0 Å². The molecule has 0 N–H and O–H groups in total. The van der Waals surface area contributed by atoms with Gasteiger partial charge in [0.1, 0.15) is 28.0 Å². The Bertz CT molecular complexity index is 3060. The third-order valence-corrected chi connectivity index (χ3v) is 14.7. The molecule has 1 aliphatic heterocycles. The third-order valence-electron chi connectivity index (χ3n) is 11.6. The second-order valence-electron chi connectivity index (χ2n) is 16.6. The Kier molecular flexibility index (Phi) is 13.8. The summed E-state index contributed by atoms with van der Waals surface area (Å²) < 4.78 is 48.1. The van der Waals surface area contributed by atoms with Crippen LogP contribution in [0.1, 0.15) is 46.2 Å². The smallest absolute Gasteiger partial charge is 0.211 e. The normalized spacial score (nSPS) is 12.2. The lowest BCUT2D eigenvalue weighted by Crippen LogP contribution is -2.28. The number of hydrogen-bond donors (Lipinski definition) is 0. The van der Waals surface area contributed by atoms with E-state index in [1.165, 1.54) is 49.2 Å². The van der Waals surface area contributed by atoms with Crippen LogP contribution >= 0.6 is 23.5 Å². The topological polar surface area (TPSA) is 76.6 Å². The molecule has 9 heteroatoms. The largest absolute Gasteiger partial charge is 0.744 e. The Morgan fingerprint density at radius 2 is 1.19 bits per heavy atom. The molecule has 0 bridgehead atoms. The minimum absolute atomic E-state index is 0.260. The van der Waals surface area contributed by atoms with Gasteiger partial charge in [-0.25, -0.2) is 8.42 Å². The second kappa shape index (κ2) is 19.7. The summed E-state index contributed by atoms with van der Waals surface area (Å²) in [5.41, 5.74) is 12.8. The maximum Gasteiger partial charge on any atom is 0.211 e. The van der Waals surface area contributed by atoms with Crippen LogP contribution in [0.4, 0.5) is 17.1 Å². The van der Waals surface area contributed by atoms with Crippen molar-refractivity contribution in [2.75, 3.05) is 29.5 Å². The molecule has 0 aromatic heterocycles. The number of hydrogen-bond acceptors (Lipinski definition) is 7. The van der Waals surface area contributed by atoms with Gasteiger partial charge in [-0.05, 0) is 126 Å². The standard InChI is InChI=1S/C55H54N2O4S3/c1-37-31-39(3)54(40(4)32-37)56(27-15-29-62-45-17-9-7-10-18-45)43-23-25-47-50(35-43)61-51-36-44(24-26-48(51)53(47)49-21-13-14-22-52(49)64(58,59)60)57(55-41(5)33-38(2)34-42(55)6)28-16-30-63-46-19-11-8-12-20-46/h7-14,17-26,31-36H,15-16,27-30H2,1-6H3. The molecule has 6 aromatic rings. The first-order valence-corrected chi connectivity index (χ1v) is 25.2. The third kappa shape index (κ3) is 10.0. The molecule has 0 atom stereocenters. The van der Waals surface area contributed by atoms with Crippen LogP contribution in [-0.4, -0.2) is 37.6 Å². The van der Waals surface area contributed by atoms with E-state index in [1.807, 2.05) is 47.8 Å². The Morgan fingerprint density at radius 3 is 1.81 bits per heavy atom. The number of rotatable bonds is 15. The molecular weight excluding hydrogens is 849 g/mol. The summed E-state index contributed by atoms with van der Waals surface area (Å²) in [4.78, 5) is 4.62. The average Bonchev–Trinajstić information content (AvgIpc) is 3.26. The van der Waals surface area contributed by atoms with Crippen molar-refractivity contribution < 1.29 is 17.4 Å². The highest BCUT2D eigenvalue weighted by molar-refractivity contribution is 7.99. The van der Waals surface area contributed by atoms with Gasteiger partial charge in [-0.15, -0.1) is 23.5 Å². The lowest BCUT2D eigenvalue weighted by atomic mass is 9.93. The van der Waals surface area contributed by atoms with Gasteiger partial charge in [-0.3, -0.25) is 0 Å². The van der Waals surface area contributed by atoms with Gasteiger partial charge in [0.2, 0.25) is 11.0 Å². The number of benzene rings is 7. The van der Waals surface area contributed by atoms with Crippen LogP contribution in [0, 0.1) is 41.5 Å². The molecule has 1 aliphatic carbocycles. The van der Waals surface area contributed by atoms with E-state index in [2.05, 4.69) is 148 Å². The Labute approximate surface area is 386 Å². The summed E-state index contributed by atoms with van der Waals surface area (Å²) in [6.07, 6.45) is 1.86. The predicted molar refractivity (Wildman–Crippen MR) is 268 cm³/mol. The van der Waals surface area contributed by atoms with E-state index < -0.39 is 10.1 Å². The minimum Gasteiger partial charge on any atom is -0.744 e. The van der Waals surface area contributed by atoms with Crippen molar-refractivity contribution in [2.45, 2.75) is 69.1 Å². The molecule has 8 rings (SSSR count). The molecule has 6 nitrogen and oxygen atoms in total. The summed E-state index contributed by atoms with van der Waals surface area (Å²) >= 11 is 3.71. The van der Waals surface area contributed by atoms with Crippen LogP contribution in [0.3, 0.4) is 0 Å². The van der Waals surface area contributed by atoms with Crippen molar-refractivity contribution in [1.82, 2.24) is 4.58 Å². The second-order valence-corrected chi connectivity index (χ2v) is 20.3. The summed E-state index contributed by atoms with van der Waals surface area (Å²) in [5.74, 6) is 2.48. The first kappa shape index (κ1) is 45.0. The lowest BCUT2D eigenvalue weighted by Gasteiger charge is -2.29. The highest BCUT2D eigenvalue weighted by atomic mass is 32.2. The maximum atomic E-state index is 12.9. The van der Waals surface area contributed by atoms with Crippen molar-refractivity contribution in [3.8, 4) is 22.5 Å². The molecule has 0 spiro atoms. The number of thioether (sulfide) groups is 2. The maximum absolute atomic E-state index is 12.9. The number of aryl methyl sites for hydroxylation is 6. The molecule has 0 fully saturated rings. The molecule has 6 aromatic carbocycles. The average molecular weight is 903 g/mol. The van der Waals surface area contributed by atoms with Crippen molar-refractivity contribution in [3.05, 3.63) is 184 Å². The number of nitrogens with zero attached hydrogens (tertiary/aromatic N) is 2. The number of fused-ring (bicyclic) bond motifs is 2. The molecule has 0 radical (unpaired) electrons. The van der Waals surface area contributed by atoms with Crippen molar-refractivity contribution >= 4 is 61.7 Å². The van der Waals surface area contributed by atoms with E-state index in [0.29, 0.717) is 22.5 Å². The van der Waals surface area contributed by atoms with E-state index in [0.717, 1.165) is 70.8 Å². The van der Waals surface area contributed by atoms with Crippen LogP contribution in [0.2, 0.25) is 0 Å². The molecule has 1 heterocycles. The van der Waals surface area contributed by atoms with Gasteiger partial charge in [-0.2, -0.15) is 4.58 Å². The van der Waals surface area contributed by atoms with Crippen molar-refractivity contribution in [1.29, 1.82) is 0 Å². The summed E-state index contributed by atoms with van der Waals surface area (Å²) in [7, 11) is -4.83. The van der Waals surface area contributed by atoms with Crippen LogP contribution in [0.15, 0.2) is 165 Å². The highest BCUT2D eigenvalue weighted by Crippen LogP contribution is 2.44. The molecule has 0 saturated carbocycles. The van der Waals surface area contributed by atoms with E-state index in [1.54, 1.807) is 18.2 Å². The zero-order valence-corrected chi connectivity index (χ0v) is 39.8. The van der Waals surface area contributed by atoms with Gasteiger partial charge in [0.15, 0.2) is 0 Å². The molecule has 2 aliphatic rings. The van der Waals surface area contributed by atoms with E-state index in [9.17, 15) is 13.0 Å². The van der Waals surface area contributed by atoms with E-state index in [-0.39, 0.29) is 4.90 Å². The summed E-state index contributed by atoms with van der Waals surface area (Å²) in [5, 5.41) is 1.68. The zero-order valence-electron chi connectivity index (χ0n) is 37.4. The van der Waals surface area contributed by atoms with Gasteiger partial charge in [0.05, 0.1) is 11.0 Å². The fourth-order valence-corrected chi connectivity index (χ4v) is 11.6. The van der Waals surface area contributed by atoms with E-state index in [4.69, 9.17) is 4.42 Å². The van der Waals surface area contributed by atoms with Gasteiger partial charge in [-0.1, -0.05) is 77.9 Å². The number of anilines is 2. The molecule has 64 heavy (non-hydrogen) atoms. The first-order chi connectivity index (χ1) is 30.9. The van der Waals surface area contributed by atoms with Gasteiger partial charge < -0.3 is 13.9 Å². The zero-order chi connectivity index (χ0) is 45.0. The Balaban J connectivity index is 1.32. The Morgan fingerprint density at radius 1 is 0.609 bits per heavy atom. The SMILES string of the molecule is Cc1cc(C)c(N(CCCSc2ccccc2)c2ccc3c(-c4ccccc4S(=O)(=O)[O-])c4ccc(=[N+](CCCSc5ccccc5)c5c(C)cc(C)cc5C)cc-4oc3c2)c(C)c1. The van der Waals surface area contributed by atoms with Crippen LogP contribution in [0.25, 0.3) is 33.4 Å². The van der Waals surface area contributed by atoms with Crippen LogP contribution in [0.5, 0.6) is 0 Å². The molecular formula is C55H54N2O4S3. The lowest BCUT2D eigenvalue weighted by molar-refractivity contribution is 0.463. The van der Waals surface area contributed by atoms with Gasteiger partial charge in [0.25, 0.3) is 0 Å². The quantitative estimate of drug-likeness (QED) is 0.0333. The fourth-order valence-electron chi connectivity index (χ4n) is 9.18. The van der Waals surface area contributed by atoms with Crippen LogP contribution < -0.4 is 14.8 Å². The Hall–Kier alpha value is -5.58. The monoisotopic (exact) mass is 902 g/mol. The summed E-state index contributed by atoms with van der Waals surface area (Å²) in [6.45, 7) is 14.5. The van der Waals surface area contributed by atoms with Gasteiger partial charge >= 0.3 is 0 Å².